The van der Waals surface area contributed by atoms with Gasteiger partial charge in [0.05, 0.1) is 4.47 Å². The molecular formula is C22H21BrClNO. The molecule has 0 amide bonds. The molecule has 0 heterocycles. The van der Waals surface area contributed by atoms with Crippen LogP contribution in [0.15, 0.2) is 71.2 Å². The number of benzene rings is 3. The van der Waals surface area contributed by atoms with Gasteiger partial charge in [0, 0.05) is 17.3 Å². The van der Waals surface area contributed by atoms with Gasteiger partial charge in [0.15, 0.2) is 0 Å². The topological polar surface area (TPSA) is 21.3 Å². The Bertz CT molecular complexity index is 882. The third kappa shape index (κ3) is 5.03. The summed E-state index contributed by atoms with van der Waals surface area (Å²) in [6.45, 7) is 3.42. The van der Waals surface area contributed by atoms with Gasteiger partial charge in [-0.15, -0.1) is 0 Å². The van der Waals surface area contributed by atoms with E-state index in [0.29, 0.717) is 6.61 Å². The van der Waals surface area contributed by atoms with Crippen LogP contribution < -0.4 is 10.1 Å². The number of halogens is 2. The zero-order chi connectivity index (χ0) is 18.4. The van der Waals surface area contributed by atoms with Crippen molar-refractivity contribution >= 4 is 33.2 Å². The summed E-state index contributed by atoms with van der Waals surface area (Å²) in [5.74, 6) is 0.822. The SMILES string of the molecule is CCc1ccccc1NCc1ccc(OCc2cccc(Cl)c2)c(Br)c1. The maximum absolute atomic E-state index is 6.01. The van der Waals surface area contributed by atoms with Crippen LogP contribution in [-0.4, -0.2) is 0 Å². The summed E-state index contributed by atoms with van der Waals surface area (Å²) in [5.41, 5.74) is 4.75. The molecule has 3 aromatic carbocycles. The number of anilines is 1. The van der Waals surface area contributed by atoms with Crippen LogP contribution in [0.4, 0.5) is 5.69 Å². The highest BCUT2D eigenvalue weighted by atomic mass is 79.9. The Balaban J connectivity index is 1.62. The van der Waals surface area contributed by atoms with Crippen LogP contribution in [0.3, 0.4) is 0 Å². The van der Waals surface area contributed by atoms with Crippen LogP contribution in [0.2, 0.25) is 5.02 Å². The van der Waals surface area contributed by atoms with E-state index >= 15 is 0 Å². The van der Waals surface area contributed by atoms with Crippen molar-refractivity contribution in [3.63, 3.8) is 0 Å². The number of hydrogen-bond donors (Lipinski definition) is 1. The Labute approximate surface area is 168 Å². The van der Waals surface area contributed by atoms with E-state index in [1.165, 1.54) is 16.8 Å². The van der Waals surface area contributed by atoms with E-state index in [1.54, 1.807) is 0 Å². The van der Waals surface area contributed by atoms with E-state index in [0.717, 1.165) is 33.8 Å². The fourth-order valence-corrected chi connectivity index (χ4v) is 3.51. The van der Waals surface area contributed by atoms with Gasteiger partial charge in [-0.05, 0) is 69.4 Å². The molecule has 0 bridgehead atoms. The van der Waals surface area contributed by atoms with E-state index in [1.807, 2.05) is 30.3 Å². The molecule has 26 heavy (non-hydrogen) atoms. The molecule has 3 aromatic rings. The van der Waals surface area contributed by atoms with Crippen LogP contribution in [0.25, 0.3) is 0 Å². The second kappa shape index (κ2) is 9.11. The molecule has 0 aliphatic carbocycles. The maximum atomic E-state index is 6.01. The molecule has 0 aliphatic heterocycles. The van der Waals surface area contributed by atoms with Crippen molar-refractivity contribution in [3.8, 4) is 5.75 Å². The minimum atomic E-state index is 0.487. The fraction of sp³-hybridized carbons (Fsp3) is 0.182. The standard InChI is InChI=1S/C22H21BrClNO/c1-2-18-7-3-4-9-21(18)25-14-16-10-11-22(20(23)13-16)26-15-17-6-5-8-19(24)12-17/h3-13,25H,2,14-15H2,1H3. The van der Waals surface area contributed by atoms with Crippen LogP contribution in [-0.2, 0) is 19.6 Å². The van der Waals surface area contributed by atoms with Crippen molar-refractivity contribution in [3.05, 3.63) is 92.9 Å². The molecule has 0 saturated heterocycles. The number of ether oxygens (including phenoxy) is 1. The highest BCUT2D eigenvalue weighted by Crippen LogP contribution is 2.28. The van der Waals surface area contributed by atoms with E-state index in [4.69, 9.17) is 16.3 Å². The Morgan fingerprint density at radius 2 is 1.81 bits per heavy atom. The molecular weight excluding hydrogens is 410 g/mol. The molecule has 1 N–H and O–H groups in total. The number of nitrogens with one attached hydrogen (secondary N) is 1. The zero-order valence-electron chi connectivity index (χ0n) is 14.6. The molecule has 0 spiro atoms. The van der Waals surface area contributed by atoms with E-state index < -0.39 is 0 Å². The Kier molecular flexibility index (Phi) is 6.59. The van der Waals surface area contributed by atoms with Crippen LogP contribution in [0.1, 0.15) is 23.6 Å². The molecule has 0 saturated carbocycles. The van der Waals surface area contributed by atoms with Gasteiger partial charge in [-0.3, -0.25) is 0 Å². The molecule has 0 atom stereocenters. The lowest BCUT2D eigenvalue weighted by Gasteiger charge is -2.13. The van der Waals surface area contributed by atoms with Crippen LogP contribution in [0.5, 0.6) is 5.75 Å². The normalized spacial score (nSPS) is 10.6. The molecule has 0 fully saturated rings. The summed E-state index contributed by atoms with van der Waals surface area (Å²) in [6, 6.07) is 22.3. The lowest BCUT2D eigenvalue weighted by Crippen LogP contribution is -2.02. The largest absolute Gasteiger partial charge is 0.488 e. The van der Waals surface area contributed by atoms with Gasteiger partial charge in [0.25, 0.3) is 0 Å². The average molecular weight is 431 g/mol. The van der Waals surface area contributed by atoms with Gasteiger partial charge in [-0.25, -0.2) is 0 Å². The summed E-state index contributed by atoms with van der Waals surface area (Å²) >= 11 is 9.62. The third-order valence-electron chi connectivity index (χ3n) is 4.16. The smallest absolute Gasteiger partial charge is 0.134 e. The highest BCUT2D eigenvalue weighted by molar-refractivity contribution is 9.10. The predicted molar refractivity (Wildman–Crippen MR) is 113 cm³/mol. The Morgan fingerprint density at radius 1 is 0.962 bits per heavy atom. The highest BCUT2D eigenvalue weighted by Gasteiger charge is 2.05. The van der Waals surface area contributed by atoms with E-state index in [9.17, 15) is 0 Å². The van der Waals surface area contributed by atoms with Gasteiger partial charge < -0.3 is 10.1 Å². The Morgan fingerprint density at radius 3 is 2.58 bits per heavy atom. The maximum Gasteiger partial charge on any atom is 0.134 e. The van der Waals surface area contributed by atoms with E-state index in [-0.39, 0.29) is 0 Å². The molecule has 0 aliphatic rings. The summed E-state index contributed by atoms with van der Waals surface area (Å²) in [6.07, 6.45) is 1.02. The Hall–Kier alpha value is -1.97. The second-order valence-electron chi connectivity index (χ2n) is 6.05. The molecule has 134 valence electrons. The molecule has 4 heteroatoms. The number of hydrogen-bond acceptors (Lipinski definition) is 2. The van der Waals surface area contributed by atoms with Gasteiger partial charge in [0.2, 0.25) is 0 Å². The van der Waals surface area contributed by atoms with Gasteiger partial charge in [-0.1, -0.05) is 54.9 Å². The summed E-state index contributed by atoms with van der Waals surface area (Å²) in [5, 5.41) is 4.24. The van der Waals surface area contributed by atoms with Crippen molar-refractivity contribution in [1.82, 2.24) is 0 Å². The molecule has 3 rings (SSSR count). The quantitative estimate of drug-likeness (QED) is 0.442. The summed E-state index contributed by atoms with van der Waals surface area (Å²) < 4.78 is 6.85. The second-order valence-corrected chi connectivity index (χ2v) is 7.34. The van der Waals surface area contributed by atoms with Gasteiger partial charge in [-0.2, -0.15) is 0 Å². The van der Waals surface area contributed by atoms with E-state index in [2.05, 4.69) is 64.6 Å². The lowest BCUT2D eigenvalue weighted by atomic mass is 10.1. The average Bonchev–Trinajstić information content (AvgIpc) is 2.66. The minimum Gasteiger partial charge on any atom is -0.488 e. The zero-order valence-corrected chi connectivity index (χ0v) is 17.0. The van der Waals surface area contributed by atoms with Gasteiger partial charge >= 0.3 is 0 Å². The van der Waals surface area contributed by atoms with Crippen molar-refractivity contribution in [1.29, 1.82) is 0 Å². The summed E-state index contributed by atoms with van der Waals surface area (Å²) in [4.78, 5) is 0. The minimum absolute atomic E-state index is 0.487. The van der Waals surface area contributed by atoms with Crippen LogP contribution >= 0.6 is 27.5 Å². The first-order valence-corrected chi connectivity index (χ1v) is 9.80. The van der Waals surface area contributed by atoms with Crippen LogP contribution in [0, 0.1) is 0 Å². The first-order valence-electron chi connectivity index (χ1n) is 8.63. The van der Waals surface area contributed by atoms with Crippen molar-refractivity contribution < 1.29 is 4.74 Å². The number of aryl methyl sites for hydroxylation is 1. The first-order chi connectivity index (χ1) is 12.7. The lowest BCUT2D eigenvalue weighted by molar-refractivity contribution is 0.304. The van der Waals surface area contributed by atoms with Crippen molar-refractivity contribution in [2.75, 3.05) is 5.32 Å². The fourth-order valence-electron chi connectivity index (χ4n) is 2.76. The predicted octanol–water partition coefficient (Wildman–Crippen LogP) is 6.86. The van der Waals surface area contributed by atoms with Crippen molar-refractivity contribution in [2.24, 2.45) is 0 Å². The van der Waals surface area contributed by atoms with Crippen molar-refractivity contribution in [2.45, 2.75) is 26.5 Å². The number of para-hydroxylation sites is 1. The molecule has 0 aromatic heterocycles. The molecule has 0 unspecified atom stereocenters. The summed E-state index contributed by atoms with van der Waals surface area (Å²) in [7, 11) is 0. The molecule has 0 radical (unpaired) electrons. The molecule has 2 nitrogen and oxygen atoms in total. The monoisotopic (exact) mass is 429 g/mol. The number of rotatable bonds is 7. The van der Waals surface area contributed by atoms with Gasteiger partial charge in [0.1, 0.15) is 12.4 Å². The first kappa shape index (κ1) is 18.8. The third-order valence-corrected chi connectivity index (χ3v) is 5.02.